The molecule has 9 heteroatoms. The van der Waals surface area contributed by atoms with Crippen molar-refractivity contribution in [1.29, 1.82) is 0 Å². The van der Waals surface area contributed by atoms with Crippen LogP contribution in [-0.2, 0) is 22.3 Å². The number of pyridine rings is 1. The maximum Gasteiger partial charge on any atom is 0.416 e. The maximum atomic E-state index is 13.3. The summed E-state index contributed by atoms with van der Waals surface area (Å²) < 4.78 is 44.7. The van der Waals surface area contributed by atoms with Crippen molar-refractivity contribution in [3.8, 4) is 0 Å². The summed E-state index contributed by atoms with van der Waals surface area (Å²) in [5, 5.41) is 2.83. The molecule has 0 unspecified atom stereocenters. The van der Waals surface area contributed by atoms with Crippen LogP contribution in [0.15, 0.2) is 48.8 Å². The molecule has 1 aliphatic rings. The zero-order valence-electron chi connectivity index (χ0n) is 15.6. The van der Waals surface area contributed by atoms with E-state index < -0.39 is 29.8 Å². The molecule has 1 N–H and O–H groups in total. The quantitative estimate of drug-likeness (QED) is 0.772. The molecule has 1 amide bonds. The minimum Gasteiger partial charge on any atom is -0.468 e. The van der Waals surface area contributed by atoms with Gasteiger partial charge in [-0.2, -0.15) is 13.2 Å². The Morgan fingerprint density at radius 1 is 1.21 bits per heavy atom. The summed E-state index contributed by atoms with van der Waals surface area (Å²) in [6.07, 6.45) is -1.27. The predicted octanol–water partition coefficient (Wildman–Crippen LogP) is 2.65. The molecule has 0 saturated carbocycles. The number of halogens is 3. The number of rotatable bonds is 5. The van der Waals surface area contributed by atoms with Crippen molar-refractivity contribution in [2.75, 3.05) is 13.7 Å². The maximum absolute atomic E-state index is 13.3. The highest BCUT2D eigenvalue weighted by Gasteiger charge is 2.40. The first-order valence-corrected chi connectivity index (χ1v) is 8.97. The number of nitrogens with one attached hydrogen (secondary N) is 1. The Balaban J connectivity index is 1.77. The highest BCUT2D eigenvalue weighted by atomic mass is 19.4. The zero-order chi connectivity index (χ0) is 21.0. The standard InChI is InChI=1S/C20H20F3N3O3/c1-29-19(28)17-10-15(25-18(27)13-6-8-24-9-7-13)12-26(17)11-14-4-2-3-5-16(14)20(21,22)23/h2-9,15,17H,10-12H2,1H3,(H,25,27)/t15-,17-/m0/s1. The van der Waals surface area contributed by atoms with E-state index in [1.807, 2.05) is 0 Å². The van der Waals surface area contributed by atoms with Crippen molar-refractivity contribution < 1.29 is 27.5 Å². The van der Waals surface area contributed by atoms with Crippen LogP contribution in [0, 0.1) is 0 Å². The van der Waals surface area contributed by atoms with Gasteiger partial charge in [0.2, 0.25) is 0 Å². The highest BCUT2D eigenvalue weighted by Crippen LogP contribution is 2.33. The van der Waals surface area contributed by atoms with Crippen LogP contribution < -0.4 is 5.32 Å². The molecule has 29 heavy (non-hydrogen) atoms. The SMILES string of the molecule is COC(=O)[C@@H]1C[C@H](NC(=O)c2ccncc2)CN1Cc1ccccc1C(F)(F)F. The number of ether oxygens (including phenoxy) is 1. The minimum absolute atomic E-state index is 0.0648. The molecular formula is C20H20F3N3O3. The van der Waals surface area contributed by atoms with E-state index in [9.17, 15) is 22.8 Å². The van der Waals surface area contributed by atoms with Gasteiger partial charge in [0.25, 0.3) is 5.91 Å². The van der Waals surface area contributed by atoms with E-state index in [-0.39, 0.29) is 31.0 Å². The number of methoxy groups -OCH3 is 1. The Bertz CT molecular complexity index is 874. The van der Waals surface area contributed by atoms with E-state index in [1.54, 1.807) is 17.0 Å². The molecule has 2 heterocycles. The molecule has 2 atom stereocenters. The first-order chi connectivity index (χ1) is 13.8. The summed E-state index contributed by atoms with van der Waals surface area (Å²) in [6, 6.07) is 7.21. The van der Waals surface area contributed by atoms with Gasteiger partial charge >= 0.3 is 12.1 Å². The van der Waals surface area contributed by atoms with Crippen LogP contribution in [0.1, 0.15) is 27.9 Å². The lowest BCUT2D eigenvalue weighted by Crippen LogP contribution is -2.38. The van der Waals surface area contributed by atoms with Crippen LogP contribution in [0.2, 0.25) is 0 Å². The van der Waals surface area contributed by atoms with E-state index in [1.165, 1.54) is 37.7 Å². The summed E-state index contributed by atoms with van der Waals surface area (Å²) in [4.78, 5) is 30.0. The number of likely N-dealkylation sites (tertiary alicyclic amines) is 1. The summed E-state index contributed by atoms with van der Waals surface area (Å²) in [7, 11) is 1.23. The second-order valence-electron chi connectivity index (χ2n) is 6.77. The number of amides is 1. The lowest BCUT2D eigenvalue weighted by molar-refractivity contribution is -0.146. The third kappa shape index (κ3) is 4.92. The number of hydrogen-bond acceptors (Lipinski definition) is 5. The molecule has 1 fully saturated rings. The second-order valence-corrected chi connectivity index (χ2v) is 6.77. The topological polar surface area (TPSA) is 71.5 Å². The van der Waals surface area contributed by atoms with Crippen molar-refractivity contribution in [2.45, 2.75) is 31.2 Å². The van der Waals surface area contributed by atoms with Crippen molar-refractivity contribution in [1.82, 2.24) is 15.2 Å². The fourth-order valence-corrected chi connectivity index (χ4v) is 3.49. The lowest BCUT2D eigenvalue weighted by Gasteiger charge is -2.24. The minimum atomic E-state index is -4.49. The summed E-state index contributed by atoms with van der Waals surface area (Å²) in [5.41, 5.74) is -0.265. The number of alkyl halides is 3. The van der Waals surface area contributed by atoms with Crippen LogP contribution in [0.3, 0.4) is 0 Å². The largest absolute Gasteiger partial charge is 0.468 e. The molecule has 2 aromatic rings. The van der Waals surface area contributed by atoms with Crippen LogP contribution in [0.5, 0.6) is 0 Å². The number of carbonyl (C=O) groups is 2. The van der Waals surface area contributed by atoms with Gasteiger partial charge in [-0.3, -0.25) is 19.5 Å². The molecule has 1 aromatic heterocycles. The van der Waals surface area contributed by atoms with Gasteiger partial charge in [0.05, 0.1) is 12.7 Å². The van der Waals surface area contributed by atoms with Gasteiger partial charge in [0.15, 0.2) is 0 Å². The molecule has 1 aliphatic heterocycles. The molecule has 0 bridgehead atoms. The highest BCUT2D eigenvalue weighted by molar-refractivity contribution is 5.94. The van der Waals surface area contributed by atoms with Crippen molar-refractivity contribution in [2.24, 2.45) is 0 Å². The first kappa shape index (κ1) is 20.8. The normalized spacial score (nSPS) is 19.7. The van der Waals surface area contributed by atoms with Gasteiger partial charge < -0.3 is 10.1 Å². The fraction of sp³-hybridized carbons (Fsp3) is 0.350. The Hall–Kier alpha value is -2.94. The van der Waals surface area contributed by atoms with E-state index >= 15 is 0 Å². The molecule has 154 valence electrons. The molecule has 3 rings (SSSR count). The number of carbonyl (C=O) groups excluding carboxylic acids is 2. The summed E-state index contributed by atoms with van der Waals surface area (Å²) in [5.74, 6) is -0.881. The van der Waals surface area contributed by atoms with E-state index in [0.717, 1.165) is 6.07 Å². The van der Waals surface area contributed by atoms with Crippen molar-refractivity contribution >= 4 is 11.9 Å². The van der Waals surface area contributed by atoms with Crippen molar-refractivity contribution in [3.63, 3.8) is 0 Å². The monoisotopic (exact) mass is 407 g/mol. The van der Waals surface area contributed by atoms with Crippen LogP contribution >= 0.6 is 0 Å². The second kappa shape index (κ2) is 8.60. The number of benzene rings is 1. The number of aromatic nitrogens is 1. The summed E-state index contributed by atoms with van der Waals surface area (Å²) in [6.45, 7) is 0.139. The lowest BCUT2D eigenvalue weighted by atomic mass is 10.1. The third-order valence-electron chi connectivity index (χ3n) is 4.85. The smallest absolute Gasteiger partial charge is 0.416 e. The summed E-state index contributed by atoms with van der Waals surface area (Å²) >= 11 is 0. The first-order valence-electron chi connectivity index (χ1n) is 8.97. The van der Waals surface area contributed by atoms with Gasteiger partial charge in [0, 0.05) is 37.1 Å². The van der Waals surface area contributed by atoms with Gasteiger partial charge in [-0.05, 0) is 30.2 Å². The fourth-order valence-electron chi connectivity index (χ4n) is 3.49. The Labute approximate surface area is 165 Å². The molecule has 1 saturated heterocycles. The molecule has 6 nitrogen and oxygen atoms in total. The van der Waals surface area contributed by atoms with Crippen LogP contribution in [-0.4, -0.2) is 47.5 Å². The van der Waals surface area contributed by atoms with Crippen molar-refractivity contribution in [3.05, 3.63) is 65.5 Å². The molecule has 0 radical (unpaired) electrons. The molecular weight excluding hydrogens is 387 g/mol. The zero-order valence-corrected chi connectivity index (χ0v) is 15.6. The molecule has 0 aliphatic carbocycles. The van der Waals surface area contributed by atoms with Gasteiger partial charge in [-0.1, -0.05) is 18.2 Å². The predicted molar refractivity (Wildman–Crippen MR) is 97.8 cm³/mol. The Kier molecular flexibility index (Phi) is 6.17. The number of hydrogen-bond donors (Lipinski definition) is 1. The number of esters is 1. The average Bonchev–Trinajstić information content (AvgIpc) is 3.09. The molecule has 1 aromatic carbocycles. The van der Waals surface area contributed by atoms with E-state index in [4.69, 9.17) is 4.74 Å². The number of nitrogens with zero attached hydrogens (tertiary/aromatic N) is 2. The van der Waals surface area contributed by atoms with Gasteiger partial charge in [-0.25, -0.2) is 0 Å². The van der Waals surface area contributed by atoms with E-state index in [0.29, 0.717) is 5.56 Å². The van der Waals surface area contributed by atoms with Crippen LogP contribution in [0.25, 0.3) is 0 Å². The van der Waals surface area contributed by atoms with Gasteiger partial charge in [0.1, 0.15) is 6.04 Å². The average molecular weight is 407 g/mol. The molecule has 0 spiro atoms. The van der Waals surface area contributed by atoms with E-state index in [2.05, 4.69) is 10.3 Å². The van der Waals surface area contributed by atoms with Gasteiger partial charge in [-0.15, -0.1) is 0 Å². The third-order valence-corrected chi connectivity index (χ3v) is 4.85. The Morgan fingerprint density at radius 2 is 1.90 bits per heavy atom. The Morgan fingerprint density at radius 3 is 2.55 bits per heavy atom. The van der Waals surface area contributed by atoms with Crippen LogP contribution in [0.4, 0.5) is 13.2 Å².